The Bertz CT molecular complexity index is 855. The lowest BCUT2D eigenvalue weighted by molar-refractivity contribution is -0.138. The van der Waals surface area contributed by atoms with Crippen molar-refractivity contribution in [2.24, 2.45) is 0 Å². The second-order valence-corrected chi connectivity index (χ2v) is 5.77. The molecule has 0 fully saturated rings. The van der Waals surface area contributed by atoms with Crippen LogP contribution in [0.2, 0.25) is 0 Å². The molecule has 0 saturated heterocycles. The summed E-state index contributed by atoms with van der Waals surface area (Å²) in [5.41, 5.74) is 2.95. The highest BCUT2D eigenvalue weighted by molar-refractivity contribution is 5.87. The lowest BCUT2D eigenvalue weighted by atomic mass is 10.2. The van der Waals surface area contributed by atoms with Crippen LogP contribution in [0.5, 0.6) is 5.75 Å². The first-order valence-electron chi connectivity index (χ1n) is 8.45. The summed E-state index contributed by atoms with van der Waals surface area (Å²) in [7, 11) is 0. The summed E-state index contributed by atoms with van der Waals surface area (Å²) in [5, 5.41) is 0. The molecule has 0 amide bonds. The largest absolute Gasteiger partial charge is 0.489 e. The highest BCUT2D eigenvalue weighted by atomic mass is 16.5. The Balaban J connectivity index is 1.52. The van der Waals surface area contributed by atoms with Gasteiger partial charge in [0.05, 0.1) is 0 Å². The van der Waals surface area contributed by atoms with Crippen molar-refractivity contribution in [3.05, 3.63) is 108 Å². The molecule has 3 aromatic carbocycles. The number of hydrogen-bond acceptors (Lipinski definition) is 3. The zero-order chi connectivity index (χ0) is 18.0. The van der Waals surface area contributed by atoms with Gasteiger partial charge in [0.15, 0.2) is 0 Å². The van der Waals surface area contributed by atoms with Crippen molar-refractivity contribution in [3.8, 4) is 5.75 Å². The summed E-state index contributed by atoms with van der Waals surface area (Å²) >= 11 is 0. The van der Waals surface area contributed by atoms with E-state index >= 15 is 0 Å². The molecule has 0 N–H and O–H groups in total. The van der Waals surface area contributed by atoms with Crippen molar-refractivity contribution >= 4 is 12.0 Å². The Morgan fingerprint density at radius 1 is 0.769 bits per heavy atom. The highest BCUT2D eigenvalue weighted by Crippen LogP contribution is 2.16. The molecule has 0 radical (unpaired) electrons. The topological polar surface area (TPSA) is 35.5 Å². The summed E-state index contributed by atoms with van der Waals surface area (Å²) in [5.74, 6) is 0.387. The van der Waals surface area contributed by atoms with Crippen molar-refractivity contribution in [2.45, 2.75) is 13.2 Å². The molecular formula is C23H20O3. The van der Waals surface area contributed by atoms with Gasteiger partial charge in [-0.15, -0.1) is 0 Å². The Morgan fingerprint density at radius 2 is 1.42 bits per heavy atom. The van der Waals surface area contributed by atoms with Crippen LogP contribution in [0.4, 0.5) is 0 Å². The van der Waals surface area contributed by atoms with Crippen LogP contribution in [0.1, 0.15) is 16.7 Å². The summed E-state index contributed by atoms with van der Waals surface area (Å²) < 4.78 is 11.0. The van der Waals surface area contributed by atoms with Gasteiger partial charge in [0, 0.05) is 6.08 Å². The molecule has 0 spiro atoms. The molecule has 0 saturated carbocycles. The standard InChI is InChI=1S/C23H20O3/c24-23(26-18-21-10-5-2-6-11-21)15-14-19-12-7-13-22(16-19)25-17-20-8-3-1-4-9-20/h1-16H,17-18H2/b15-14+. The molecule has 0 atom stereocenters. The average Bonchev–Trinajstić information content (AvgIpc) is 2.71. The summed E-state index contributed by atoms with van der Waals surface area (Å²) in [6.45, 7) is 0.775. The summed E-state index contributed by atoms with van der Waals surface area (Å²) in [6.07, 6.45) is 3.15. The van der Waals surface area contributed by atoms with Gasteiger partial charge in [-0.3, -0.25) is 0 Å². The maximum absolute atomic E-state index is 11.8. The van der Waals surface area contributed by atoms with Gasteiger partial charge in [-0.2, -0.15) is 0 Å². The van der Waals surface area contributed by atoms with Crippen molar-refractivity contribution in [1.29, 1.82) is 0 Å². The molecule has 3 aromatic rings. The van der Waals surface area contributed by atoms with E-state index in [9.17, 15) is 4.79 Å². The van der Waals surface area contributed by atoms with Crippen molar-refractivity contribution < 1.29 is 14.3 Å². The minimum absolute atomic E-state index is 0.268. The molecule has 3 nitrogen and oxygen atoms in total. The highest BCUT2D eigenvalue weighted by Gasteiger charge is 2.00. The number of carbonyl (C=O) groups is 1. The molecule has 3 rings (SSSR count). The first-order chi connectivity index (χ1) is 12.8. The van der Waals surface area contributed by atoms with Gasteiger partial charge in [0.1, 0.15) is 19.0 Å². The van der Waals surface area contributed by atoms with Crippen LogP contribution < -0.4 is 4.74 Å². The fraction of sp³-hybridized carbons (Fsp3) is 0.0870. The van der Waals surface area contributed by atoms with E-state index in [1.807, 2.05) is 84.9 Å². The molecule has 0 aromatic heterocycles. The normalized spacial score (nSPS) is 10.6. The third-order valence-electron chi connectivity index (χ3n) is 3.74. The number of benzene rings is 3. The SMILES string of the molecule is O=C(/C=C/c1cccc(OCc2ccccc2)c1)OCc1ccccc1. The Labute approximate surface area is 153 Å². The third kappa shape index (κ3) is 5.64. The number of carbonyl (C=O) groups excluding carboxylic acids is 1. The van der Waals surface area contributed by atoms with E-state index in [1.165, 1.54) is 6.08 Å². The van der Waals surface area contributed by atoms with E-state index in [2.05, 4.69) is 0 Å². The number of esters is 1. The van der Waals surface area contributed by atoms with Gasteiger partial charge in [-0.1, -0.05) is 72.8 Å². The minimum atomic E-state index is -0.371. The van der Waals surface area contributed by atoms with E-state index < -0.39 is 0 Å². The summed E-state index contributed by atoms with van der Waals surface area (Å²) in [4.78, 5) is 11.8. The number of ether oxygens (including phenoxy) is 2. The molecule has 0 aliphatic heterocycles. The first-order valence-corrected chi connectivity index (χ1v) is 8.45. The van der Waals surface area contributed by atoms with Gasteiger partial charge in [-0.05, 0) is 34.9 Å². The summed E-state index contributed by atoms with van der Waals surface area (Å²) in [6, 6.07) is 27.2. The quantitative estimate of drug-likeness (QED) is 0.446. The Hall–Kier alpha value is -3.33. The van der Waals surface area contributed by atoms with Crippen LogP contribution in [0.15, 0.2) is 91.0 Å². The van der Waals surface area contributed by atoms with Gasteiger partial charge in [-0.25, -0.2) is 4.79 Å². The average molecular weight is 344 g/mol. The maximum atomic E-state index is 11.8. The van der Waals surface area contributed by atoms with Crippen molar-refractivity contribution in [1.82, 2.24) is 0 Å². The smallest absolute Gasteiger partial charge is 0.331 e. The van der Waals surface area contributed by atoms with Gasteiger partial charge in [0.25, 0.3) is 0 Å². The van der Waals surface area contributed by atoms with Crippen LogP contribution >= 0.6 is 0 Å². The van der Waals surface area contributed by atoms with E-state index in [1.54, 1.807) is 6.08 Å². The molecule has 26 heavy (non-hydrogen) atoms. The Morgan fingerprint density at radius 3 is 2.12 bits per heavy atom. The maximum Gasteiger partial charge on any atom is 0.331 e. The fourth-order valence-electron chi connectivity index (χ4n) is 2.39. The van der Waals surface area contributed by atoms with E-state index in [-0.39, 0.29) is 12.6 Å². The minimum Gasteiger partial charge on any atom is -0.489 e. The predicted octanol–water partition coefficient (Wildman–Crippen LogP) is 5.02. The molecule has 0 aliphatic rings. The first kappa shape index (κ1) is 17.5. The second-order valence-electron chi connectivity index (χ2n) is 5.77. The van der Waals surface area contributed by atoms with Crippen molar-refractivity contribution in [3.63, 3.8) is 0 Å². The van der Waals surface area contributed by atoms with Crippen LogP contribution in [0.3, 0.4) is 0 Å². The molecular weight excluding hydrogens is 324 g/mol. The van der Waals surface area contributed by atoms with E-state index in [0.717, 1.165) is 22.4 Å². The second kappa shape index (κ2) is 9.23. The molecule has 130 valence electrons. The molecule has 0 aliphatic carbocycles. The third-order valence-corrected chi connectivity index (χ3v) is 3.74. The number of rotatable bonds is 7. The molecule has 3 heteroatoms. The van der Waals surface area contributed by atoms with Gasteiger partial charge in [0.2, 0.25) is 0 Å². The lowest BCUT2D eigenvalue weighted by Crippen LogP contribution is -2.00. The predicted molar refractivity (Wildman–Crippen MR) is 102 cm³/mol. The zero-order valence-corrected chi connectivity index (χ0v) is 14.4. The van der Waals surface area contributed by atoms with E-state index in [0.29, 0.717) is 6.61 Å². The van der Waals surface area contributed by atoms with E-state index in [4.69, 9.17) is 9.47 Å². The van der Waals surface area contributed by atoms with Crippen LogP contribution in [-0.4, -0.2) is 5.97 Å². The van der Waals surface area contributed by atoms with Crippen LogP contribution in [0.25, 0.3) is 6.08 Å². The van der Waals surface area contributed by atoms with Crippen molar-refractivity contribution in [2.75, 3.05) is 0 Å². The van der Waals surface area contributed by atoms with Crippen LogP contribution in [-0.2, 0) is 22.7 Å². The van der Waals surface area contributed by atoms with Crippen LogP contribution in [0, 0.1) is 0 Å². The number of hydrogen-bond donors (Lipinski definition) is 0. The Kier molecular flexibility index (Phi) is 6.21. The monoisotopic (exact) mass is 344 g/mol. The molecule has 0 unspecified atom stereocenters. The van der Waals surface area contributed by atoms with Gasteiger partial charge >= 0.3 is 5.97 Å². The molecule has 0 bridgehead atoms. The zero-order valence-electron chi connectivity index (χ0n) is 14.4. The molecule has 0 heterocycles. The fourth-order valence-corrected chi connectivity index (χ4v) is 2.39. The van der Waals surface area contributed by atoms with Gasteiger partial charge < -0.3 is 9.47 Å². The lowest BCUT2D eigenvalue weighted by Gasteiger charge is -2.07.